The number of hydrogen-bond donors (Lipinski definition) is 0. The first-order valence-corrected chi connectivity index (χ1v) is 14.4. The number of hydrogen-bond acceptors (Lipinski definition) is 5. The van der Waals surface area contributed by atoms with E-state index >= 15 is 0 Å². The molecule has 0 atom stereocenters. The zero-order chi connectivity index (χ0) is 26.7. The molecule has 0 radical (unpaired) electrons. The first kappa shape index (κ1) is 30.8. The Labute approximate surface area is 239 Å². The monoisotopic (exact) mass is 554 g/mol. The molecule has 7 heteroatoms. The summed E-state index contributed by atoms with van der Waals surface area (Å²) in [6, 6.07) is 16.9. The van der Waals surface area contributed by atoms with Crippen LogP contribution in [0.1, 0.15) is 78.9 Å². The molecule has 212 valence electrons. The van der Waals surface area contributed by atoms with Crippen LogP contribution in [0, 0.1) is 5.92 Å². The number of carbonyl (C=O) groups is 3. The van der Waals surface area contributed by atoms with Crippen molar-refractivity contribution < 1.29 is 19.1 Å². The fourth-order valence-corrected chi connectivity index (χ4v) is 5.67. The van der Waals surface area contributed by atoms with E-state index in [0.717, 1.165) is 70.4 Å². The first-order chi connectivity index (χ1) is 18.5. The first-order valence-electron chi connectivity index (χ1n) is 14.4. The van der Waals surface area contributed by atoms with Gasteiger partial charge in [0.15, 0.2) is 5.78 Å². The van der Waals surface area contributed by atoms with Crippen LogP contribution < -0.4 is 0 Å². The fraction of sp³-hybridized carbons (Fsp3) is 0.531. The molecule has 2 aromatic rings. The van der Waals surface area contributed by atoms with Gasteiger partial charge in [-0.05, 0) is 74.1 Å². The molecule has 39 heavy (non-hydrogen) atoms. The minimum atomic E-state index is -0.233. The number of likely N-dealkylation sites (tertiary alicyclic amines) is 1. The third-order valence-electron chi connectivity index (χ3n) is 8.00. The molecule has 0 saturated carbocycles. The Kier molecular flexibility index (Phi) is 12.5. The molecule has 0 aliphatic carbocycles. The van der Waals surface area contributed by atoms with Gasteiger partial charge in [0.25, 0.3) is 0 Å². The second-order valence-electron chi connectivity index (χ2n) is 10.7. The summed E-state index contributed by atoms with van der Waals surface area (Å²) in [6.07, 6.45) is 6.57. The van der Waals surface area contributed by atoms with Gasteiger partial charge >= 0.3 is 5.97 Å². The molecular formula is C32H43ClN2O4. The largest absolute Gasteiger partial charge is 0.466 e. The molecule has 0 N–H and O–H groups in total. The topological polar surface area (TPSA) is 66.9 Å². The summed E-state index contributed by atoms with van der Waals surface area (Å²) in [7, 11) is 0. The lowest BCUT2D eigenvalue weighted by molar-refractivity contribution is -0.143. The highest BCUT2D eigenvalue weighted by molar-refractivity contribution is 5.96. The molecule has 2 heterocycles. The van der Waals surface area contributed by atoms with E-state index < -0.39 is 0 Å². The van der Waals surface area contributed by atoms with Gasteiger partial charge in [-0.15, -0.1) is 12.4 Å². The number of piperidine rings is 1. The highest BCUT2D eigenvalue weighted by Gasteiger charge is 2.24. The van der Waals surface area contributed by atoms with Crippen LogP contribution in [-0.4, -0.2) is 60.2 Å². The number of esters is 1. The number of benzene rings is 2. The predicted octanol–water partition coefficient (Wildman–Crippen LogP) is 5.64. The summed E-state index contributed by atoms with van der Waals surface area (Å²) < 4.78 is 4.93. The number of ketones is 1. The van der Waals surface area contributed by atoms with Gasteiger partial charge in [-0.2, -0.15) is 0 Å². The number of carbonyl (C=O) groups excluding carboxylic acids is 3. The summed E-state index contributed by atoms with van der Waals surface area (Å²) in [5.74, 6) is 0.602. The van der Waals surface area contributed by atoms with Crippen LogP contribution in [-0.2, 0) is 33.7 Å². The van der Waals surface area contributed by atoms with E-state index in [4.69, 9.17) is 4.74 Å². The fourth-order valence-electron chi connectivity index (χ4n) is 5.67. The molecule has 6 nitrogen and oxygen atoms in total. The molecule has 1 amide bonds. The van der Waals surface area contributed by atoms with Crippen LogP contribution in [0.25, 0.3) is 0 Å². The van der Waals surface area contributed by atoms with Crippen molar-refractivity contribution in [2.75, 3.05) is 32.8 Å². The standard InChI is InChI=1S/C32H42N2O4.ClH/c1-2-38-32(37)10-6-9-31(36)34-21-15-25(16-22-34)11-14-30(35)29-13-12-27-17-19-33(20-18-28(27)23-29)24-26-7-4-3-5-8-26;/h3-5,7-8,12-13,23,25H,2,6,9-11,14-22,24H2,1H3;1H. The van der Waals surface area contributed by atoms with E-state index in [9.17, 15) is 14.4 Å². The Morgan fingerprint density at radius 2 is 1.59 bits per heavy atom. The Morgan fingerprint density at radius 1 is 0.872 bits per heavy atom. The second kappa shape index (κ2) is 15.8. The average Bonchev–Trinajstić information content (AvgIpc) is 3.14. The van der Waals surface area contributed by atoms with Crippen molar-refractivity contribution in [3.05, 3.63) is 70.8 Å². The maximum atomic E-state index is 13.0. The smallest absolute Gasteiger partial charge is 0.305 e. The zero-order valence-electron chi connectivity index (χ0n) is 23.2. The highest BCUT2D eigenvalue weighted by atomic mass is 35.5. The Balaban J connectivity index is 0.00000420. The van der Waals surface area contributed by atoms with E-state index in [1.54, 1.807) is 6.92 Å². The Morgan fingerprint density at radius 3 is 2.31 bits per heavy atom. The molecule has 4 rings (SSSR count). The SMILES string of the molecule is CCOC(=O)CCCC(=O)N1CCC(CCC(=O)c2ccc3c(c2)CCN(Cc2ccccc2)CC3)CC1.Cl. The van der Waals surface area contributed by atoms with Crippen LogP contribution in [0.3, 0.4) is 0 Å². The van der Waals surface area contributed by atoms with Gasteiger partial charge in [-0.25, -0.2) is 0 Å². The number of halogens is 1. The molecule has 2 aromatic carbocycles. The van der Waals surface area contributed by atoms with Gasteiger partial charge < -0.3 is 9.64 Å². The van der Waals surface area contributed by atoms with Crippen molar-refractivity contribution in [2.45, 2.75) is 71.3 Å². The van der Waals surface area contributed by atoms with Crippen molar-refractivity contribution >= 4 is 30.1 Å². The van der Waals surface area contributed by atoms with Crippen molar-refractivity contribution in [3.63, 3.8) is 0 Å². The molecule has 2 aliphatic rings. The van der Waals surface area contributed by atoms with Crippen molar-refractivity contribution in [3.8, 4) is 0 Å². The third kappa shape index (κ3) is 9.47. The second-order valence-corrected chi connectivity index (χ2v) is 10.7. The molecular weight excluding hydrogens is 512 g/mol. The highest BCUT2D eigenvalue weighted by Crippen LogP contribution is 2.25. The van der Waals surface area contributed by atoms with Crippen LogP contribution in [0.15, 0.2) is 48.5 Å². The quantitative estimate of drug-likeness (QED) is 0.265. The van der Waals surface area contributed by atoms with Gasteiger partial charge in [0.2, 0.25) is 5.91 Å². The van der Waals surface area contributed by atoms with Crippen molar-refractivity contribution in [2.24, 2.45) is 5.92 Å². The average molecular weight is 555 g/mol. The maximum Gasteiger partial charge on any atom is 0.305 e. The lowest BCUT2D eigenvalue weighted by Crippen LogP contribution is -2.38. The van der Waals surface area contributed by atoms with Crippen LogP contribution in [0.5, 0.6) is 0 Å². The summed E-state index contributed by atoms with van der Waals surface area (Å²) >= 11 is 0. The van der Waals surface area contributed by atoms with Crippen LogP contribution >= 0.6 is 12.4 Å². The number of rotatable bonds is 11. The van der Waals surface area contributed by atoms with Crippen molar-refractivity contribution in [1.82, 2.24) is 9.80 Å². The minimum absolute atomic E-state index is 0. The summed E-state index contributed by atoms with van der Waals surface area (Å²) in [5, 5.41) is 0. The summed E-state index contributed by atoms with van der Waals surface area (Å²) in [4.78, 5) is 41.4. The molecule has 1 fully saturated rings. The normalized spacial score (nSPS) is 16.1. The van der Waals surface area contributed by atoms with E-state index in [0.29, 0.717) is 38.2 Å². The van der Waals surface area contributed by atoms with E-state index in [-0.39, 0.29) is 30.1 Å². The van der Waals surface area contributed by atoms with Gasteiger partial charge in [0.05, 0.1) is 6.61 Å². The zero-order valence-corrected chi connectivity index (χ0v) is 24.1. The van der Waals surface area contributed by atoms with Gasteiger partial charge in [0.1, 0.15) is 0 Å². The van der Waals surface area contributed by atoms with Crippen molar-refractivity contribution in [1.29, 1.82) is 0 Å². The van der Waals surface area contributed by atoms with Crippen LogP contribution in [0.4, 0.5) is 0 Å². The number of ether oxygens (including phenoxy) is 1. The third-order valence-corrected chi connectivity index (χ3v) is 8.00. The van der Waals surface area contributed by atoms with Gasteiger partial charge in [-0.3, -0.25) is 19.3 Å². The molecule has 0 unspecified atom stereocenters. The molecule has 0 aromatic heterocycles. The lowest BCUT2D eigenvalue weighted by Gasteiger charge is -2.32. The molecule has 0 spiro atoms. The van der Waals surface area contributed by atoms with Gasteiger partial charge in [-0.1, -0.05) is 42.5 Å². The van der Waals surface area contributed by atoms with Crippen LogP contribution in [0.2, 0.25) is 0 Å². The van der Waals surface area contributed by atoms with E-state index in [1.807, 2.05) is 11.0 Å². The van der Waals surface area contributed by atoms with Gasteiger partial charge in [0, 0.05) is 57.5 Å². The maximum absolute atomic E-state index is 13.0. The number of amides is 1. The molecule has 2 aliphatic heterocycles. The summed E-state index contributed by atoms with van der Waals surface area (Å²) in [6.45, 7) is 6.68. The Hall–Kier alpha value is -2.70. The summed E-state index contributed by atoms with van der Waals surface area (Å²) in [5.41, 5.74) is 4.88. The molecule has 0 bridgehead atoms. The predicted molar refractivity (Wildman–Crippen MR) is 156 cm³/mol. The van der Waals surface area contributed by atoms with E-state index in [1.165, 1.54) is 16.7 Å². The molecule has 1 saturated heterocycles. The van der Waals surface area contributed by atoms with E-state index in [2.05, 4.69) is 47.4 Å². The number of nitrogens with zero attached hydrogens (tertiary/aromatic N) is 2. The number of Topliss-reactive ketones (excluding diaryl/α,β-unsaturated/α-hetero) is 1. The Bertz CT molecular complexity index is 1080. The minimum Gasteiger partial charge on any atom is -0.466 e. The number of fused-ring (bicyclic) bond motifs is 1. The lowest BCUT2D eigenvalue weighted by atomic mass is 9.89.